The minimum atomic E-state index is -0.777. The number of anilines is 1. The van der Waals surface area contributed by atoms with Gasteiger partial charge in [0.1, 0.15) is 12.4 Å². The molecule has 1 aromatic rings. The van der Waals surface area contributed by atoms with Crippen molar-refractivity contribution in [3.8, 4) is 5.75 Å². The Labute approximate surface area is 89.7 Å². The van der Waals surface area contributed by atoms with Crippen LogP contribution in [0.5, 0.6) is 5.75 Å². The summed E-state index contributed by atoms with van der Waals surface area (Å²) in [6.07, 6.45) is 0. The van der Waals surface area contributed by atoms with Gasteiger partial charge in [0.15, 0.2) is 11.4 Å². The molecule has 1 aromatic carbocycles. The Morgan fingerprint density at radius 3 is 2.80 bits per heavy atom. The molecule has 82 valence electrons. The lowest BCUT2D eigenvalue weighted by molar-refractivity contribution is -0.384. The lowest BCUT2D eigenvalue weighted by Gasteiger charge is -2.07. The van der Waals surface area contributed by atoms with Gasteiger partial charge in [-0.15, -0.1) is 11.6 Å². The molecule has 0 aliphatic heterocycles. The SMILES string of the molecule is Nc1c(OCCCl)cc(F)cc1[N+](=O)[O-]. The molecule has 15 heavy (non-hydrogen) atoms. The third-order valence-electron chi connectivity index (χ3n) is 1.62. The molecule has 0 unspecified atom stereocenters. The molecule has 0 aliphatic rings. The molecule has 5 nitrogen and oxygen atoms in total. The van der Waals surface area contributed by atoms with Gasteiger partial charge in [-0.1, -0.05) is 0 Å². The van der Waals surface area contributed by atoms with Gasteiger partial charge in [0.2, 0.25) is 0 Å². The molecule has 0 saturated carbocycles. The summed E-state index contributed by atoms with van der Waals surface area (Å²) in [7, 11) is 0. The van der Waals surface area contributed by atoms with Crippen molar-refractivity contribution in [1.82, 2.24) is 0 Å². The van der Waals surface area contributed by atoms with Crippen molar-refractivity contribution in [2.45, 2.75) is 0 Å². The summed E-state index contributed by atoms with van der Waals surface area (Å²) in [5, 5.41) is 10.5. The number of nitro groups is 1. The fourth-order valence-corrected chi connectivity index (χ4v) is 1.08. The Morgan fingerprint density at radius 1 is 1.60 bits per heavy atom. The smallest absolute Gasteiger partial charge is 0.298 e. The third kappa shape index (κ3) is 2.69. The second-order valence-electron chi connectivity index (χ2n) is 2.63. The van der Waals surface area contributed by atoms with E-state index in [0.29, 0.717) is 0 Å². The van der Waals surface area contributed by atoms with Crippen LogP contribution in [0.4, 0.5) is 15.8 Å². The fourth-order valence-electron chi connectivity index (χ4n) is 0.998. The van der Waals surface area contributed by atoms with Gasteiger partial charge in [0, 0.05) is 6.07 Å². The van der Waals surface area contributed by atoms with E-state index in [2.05, 4.69) is 0 Å². The molecule has 0 saturated heterocycles. The molecule has 1 rings (SSSR count). The van der Waals surface area contributed by atoms with Crippen LogP contribution in [0.15, 0.2) is 12.1 Å². The molecule has 7 heteroatoms. The van der Waals surface area contributed by atoms with Crippen molar-refractivity contribution in [3.63, 3.8) is 0 Å². The summed E-state index contributed by atoms with van der Waals surface area (Å²) in [6.45, 7) is 0.104. The Kier molecular flexibility index (Phi) is 3.68. The monoisotopic (exact) mass is 234 g/mol. The van der Waals surface area contributed by atoms with Gasteiger partial charge in [-0.25, -0.2) is 4.39 Å². The first kappa shape index (κ1) is 11.5. The highest BCUT2D eigenvalue weighted by Crippen LogP contribution is 2.32. The molecule has 0 atom stereocenters. The number of hydrogen-bond donors (Lipinski definition) is 1. The Balaban J connectivity index is 3.10. The molecule has 0 bridgehead atoms. The first-order valence-corrected chi connectivity index (χ1v) is 4.52. The van der Waals surface area contributed by atoms with Crippen LogP contribution < -0.4 is 10.5 Å². The molecule has 0 fully saturated rings. The predicted molar refractivity (Wildman–Crippen MR) is 53.7 cm³/mol. The maximum atomic E-state index is 12.9. The van der Waals surface area contributed by atoms with Crippen LogP contribution in [-0.2, 0) is 0 Å². The first-order chi connectivity index (χ1) is 7.06. The Hall–Kier alpha value is -1.56. The van der Waals surface area contributed by atoms with Crippen molar-refractivity contribution in [1.29, 1.82) is 0 Å². The highest BCUT2D eigenvalue weighted by atomic mass is 35.5. The Morgan fingerprint density at radius 2 is 2.27 bits per heavy atom. The van der Waals surface area contributed by atoms with Gasteiger partial charge in [0.05, 0.1) is 16.9 Å². The summed E-state index contributed by atoms with van der Waals surface area (Å²) < 4.78 is 17.9. The molecule has 0 amide bonds. The van der Waals surface area contributed by atoms with E-state index in [1.54, 1.807) is 0 Å². The number of alkyl halides is 1. The lowest BCUT2D eigenvalue weighted by Crippen LogP contribution is -2.04. The zero-order valence-electron chi connectivity index (χ0n) is 7.57. The van der Waals surface area contributed by atoms with Gasteiger partial charge in [-0.05, 0) is 0 Å². The molecule has 0 heterocycles. The highest BCUT2D eigenvalue weighted by Gasteiger charge is 2.18. The number of nitrogens with zero attached hydrogens (tertiary/aromatic N) is 1. The average molecular weight is 235 g/mol. The largest absolute Gasteiger partial charge is 0.490 e. The summed E-state index contributed by atoms with van der Waals surface area (Å²) in [6, 6.07) is 1.72. The predicted octanol–water partition coefficient (Wildman–Crippen LogP) is 1.93. The number of nitrogen functional groups attached to an aromatic ring is 1. The molecule has 0 aliphatic carbocycles. The van der Waals surface area contributed by atoms with Crippen LogP contribution in [0.25, 0.3) is 0 Å². The van der Waals surface area contributed by atoms with E-state index in [4.69, 9.17) is 22.1 Å². The van der Waals surface area contributed by atoms with Crippen LogP contribution >= 0.6 is 11.6 Å². The van der Waals surface area contributed by atoms with E-state index in [1.807, 2.05) is 0 Å². The minimum absolute atomic E-state index is 0.0673. The number of nitro benzene ring substituents is 1. The standard InChI is InChI=1S/C8H8ClFN2O3/c9-1-2-15-7-4-5(10)3-6(8(7)11)12(13)14/h3-4H,1-2,11H2. The summed E-state index contributed by atoms with van der Waals surface area (Å²) in [5.74, 6) is -0.660. The van der Waals surface area contributed by atoms with Gasteiger partial charge < -0.3 is 10.5 Å². The summed E-state index contributed by atoms with van der Waals surface area (Å²) in [4.78, 5) is 9.71. The maximum Gasteiger partial charge on any atom is 0.298 e. The summed E-state index contributed by atoms with van der Waals surface area (Å²) in [5.41, 5.74) is 4.70. The Bertz CT molecular complexity index is 386. The highest BCUT2D eigenvalue weighted by molar-refractivity contribution is 6.18. The van der Waals surface area contributed by atoms with Gasteiger partial charge >= 0.3 is 0 Å². The lowest BCUT2D eigenvalue weighted by atomic mass is 10.2. The molecule has 2 N–H and O–H groups in total. The van der Waals surface area contributed by atoms with Crippen LogP contribution in [0.2, 0.25) is 0 Å². The zero-order chi connectivity index (χ0) is 11.4. The number of ether oxygens (including phenoxy) is 1. The topological polar surface area (TPSA) is 78.4 Å². The van der Waals surface area contributed by atoms with Crippen LogP contribution in [0, 0.1) is 15.9 Å². The van der Waals surface area contributed by atoms with Crippen molar-refractivity contribution in [2.75, 3.05) is 18.2 Å². The van der Waals surface area contributed by atoms with Gasteiger partial charge in [0.25, 0.3) is 5.69 Å². The number of nitrogens with two attached hydrogens (primary N) is 1. The average Bonchev–Trinajstić information content (AvgIpc) is 2.18. The fraction of sp³-hybridized carbons (Fsp3) is 0.250. The minimum Gasteiger partial charge on any atom is -0.490 e. The van der Waals surface area contributed by atoms with E-state index in [-0.39, 0.29) is 23.9 Å². The zero-order valence-corrected chi connectivity index (χ0v) is 8.33. The molecule has 0 aromatic heterocycles. The number of hydrogen-bond acceptors (Lipinski definition) is 4. The normalized spacial score (nSPS) is 10.0. The van der Waals surface area contributed by atoms with Crippen LogP contribution in [0.3, 0.4) is 0 Å². The van der Waals surface area contributed by atoms with E-state index in [0.717, 1.165) is 12.1 Å². The van der Waals surface area contributed by atoms with Crippen molar-refractivity contribution in [3.05, 3.63) is 28.1 Å². The van der Waals surface area contributed by atoms with E-state index >= 15 is 0 Å². The number of rotatable bonds is 4. The van der Waals surface area contributed by atoms with Crippen LogP contribution in [0.1, 0.15) is 0 Å². The second-order valence-corrected chi connectivity index (χ2v) is 3.01. The number of halogens is 2. The van der Waals surface area contributed by atoms with Crippen molar-refractivity contribution in [2.24, 2.45) is 0 Å². The van der Waals surface area contributed by atoms with E-state index < -0.39 is 16.4 Å². The van der Waals surface area contributed by atoms with Gasteiger partial charge in [-0.3, -0.25) is 10.1 Å². The van der Waals surface area contributed by atoms with E-state index in [9.17, 15) is 14.5 Å². The molecule has 0 radical (unpaired) electrons. The van der Waals surface area contributed by atoms with Crippen molar-refractivity contribution >= 4 is 23.0 Å². The molecular formula is C8H8ClFN2O3. The third-order valence-corrected chi connectivity index (χ3v) is 1.77. The second kappa shape index (κ2) is 4.79. The van der Waals surface area contributed by atoms with Crippen LogP contribution in [-0.4, -0.2) is 17.4 Å². The number of benzene rings is 1. The summed E-state index contributed by atoms with van der Waals surface area (Å²) >= 11 is 5.35. The molecular weight excluding hydrogens is 227 g/mol. The van der Waals surface area contributed by atoms with Gasteiger partial charge in [-0.2, -0.15) is 0 Å². The maximum absolute atomic E-state index is 12.9. The molecule has 0 spiro atoms. The van der Waals surface area contributed by atoms with Crippen molar-refractivity contribution < 1.29 is 14.1 Å². The first-order valence-electron chi connectivity index (χ1n) is 3.98. The quantitative estimate of drug-likeness (QED) is 0.374. The van der Waals surface area contributed by atoms with E-state index in [1.165, 1.54) is 0 Å².